The Hall–Kier alpha value is -1.75. The summed E-state index contributed by atoms with van der Waals surface area (Å²) in [7, 11) is 3.46. The number of esters is 1. The summed E-state index contributed by atoms with van der Waals surface area (Å²) in [5, 5.41) is 0. The predicted molar refractivity (Wildman–Crippen MR) is 68.3 cm³/mol. The first-order valence-corrected chi connectivity index (χ1v) is 6.35. The molecule has 2 atom stereocenters. The van der Waals surface area contributed by atoms with Gasteiger partial charge in [-0.15, -0.1) is 0 Å². The van der Waals surface area contributed by atoms with Crippen molar-refractivity contribution < 1.29 is 19.0 Å². The first-order chi connectivity index (χ1) is 9.19. The normalized spacial score (nSPS) is 25.6. The molecule has 5 nitrogen and oxygen atoms in total. The van der Waals surface area contributed by atoms with Crippen molar-refractivity contribution in [2.45, 2.75) is 5.92 Å². The zero-order valence-corrected chi connectivity index (χ0v) is 11.1. The largest absolute Gasteiger partial charge is 0.469 e. The highest BCUT2D eigenvalue weighted by Crippen LogP contribution is 2.39. The van der Waals surface area contributed by atoms with Crippen molar-refractivity contribution in [1.82, 2.24) is 4.90 Å². The highest BCUT2D eigenvalue weighted by molar-refractivity contribution is 5.74. The molecule has 0 N–H and O–H groups in total. The van der Waals surface area contributed by atoms with E-state index in [1.54, 1.807) is 0 Å². The third kappa shape index (κ3) is 2.14. The number of methoxy groups -OCH3 is 1. The van der Waals surface area contributed by atoms with Gasteiger partial charge in [0.1, 0.15) is 0 Å². The SMILES string of the molecule is COC(=O)[C@H]1CN(C)C[C@@H]1c1ccc2c(c1)OCO2. The molecular weight excluding hydrogens is 246 g/mol. The summed E-state index contributed by atoms with van der Waals surface area (Å²) >= 11 is 0. The third-order valence-electron chi connectivity index (χ3n) is 3.83. The molecule has 0 radical (unpaired) electrons. The lowest BCUT2D eigenvalue weighted by atomic mass is 9.89. The minimum atomic E-state index is -0.146. The van der Waals surface area contributed by atoms with Crippen LogP contribution in [0, 0.1) is 5.92 Å². The Bertz CT molecular complexity index is 502. The number of hydrogen-bond donors (Lipinski definition) is 0. The molecule has 1 aromatic carbocycles. The smallest absolute Gasteiger partial charge is 0.310 e. The highest BCUT2D eigenvalue weighted by atomic mass is 16.7. The van der Waals surface area contributed by atoms with Gasteiger partial charge in [-0.1, -0.05) is 6.07 Å². The van der Waals surface area contributed by atoms with E-state index in [4.69, 9.17) is 14.2 Å². The van der Waals surface area contributed by atoms with Crippen molar-refractivity contribution in [2.75, 3.05) is 34.0 Å². The van der Waals surface area contributed by atoms with Crippen LogP contribution in [0.2, 0.25) is 0 Å². The van der Waals surface area contributed by atoms with Gasteiger partial charge in [-0.05, 0) is 24.7 Å². The molecule has 19 heavy (non-hydrogen) atoms. The van der Waals surface area contributed by atoms with E-state index in [1.165, 1.54) is 7.11 Å². The van der Waals surface area contributed by atoms with E-state index >= 15 is 0 Å². The van der Waals surface area contributed by atoms with Crippen LogP contribution in [0.4, 0.5) is 0 Å². The molecule has 2 heterocycles. The van der Waals surface area contributed by atoms with Gasteiger partial charge < -0.3 is 19.1 Å². The van der Waals surface area contributed by atoms with Gasteiger partial charge in [0.05, 0.1) is 13.0 Å². The van der Waals surface area contributed by atoms with E-state index in [0.717, 1.165) is 30.2 Å². The van der Waals surface area contributed by atoms with Gasteiger partial charge in [0, 0.05) is 19.0 Å². The average molecular weight is 263 g/mol. The lowest BCUT2D eigenvalue weighted by Gasteiger charge is -2.17. The van der Waals surface area contributed by atoms with Crippen LogP contribution in [0.3, 0.4) is 0 Å². The van der Waals surface area contributed by atoms with Gasteiger partial charge in [-0.2, -0.15) is 0 Å². The number of likely N-dealkylation sites (N-methyl/N-ethyl adjacent to an activating group) is 1. The Morgan fingerprint density at radius 3 is 2.89 bits per heavy atom. The Balaban J connectivity index is 1.89. The van der Waals surface area contributed by atoms with Crippen molar-refractivity contribution in [3.05, 3.63) is 23.8 Å². The lowest BCUT2D eigenvalue weighted by Crippen LogP contribution is -2.23. The second-order valence-electron chi connectivity index (χ2n) is 5.07. The number of hydrogen-bond acceptors (Lipinski definition) is 5. The first-order valence-electron chi connectivity index (χ1n) is 6.35. The van der Waals surface area contributed by atoms with E-state index in [-0.39, 0.29) is 24.6 Å². The molecule has 1 aromatic rings. The monoisotopic (exact) mass is 263 g/mol. The molecule has 0 aromatic heterocycles. The number of fused-ring (bicyclic) bond motifs is 1. The summed E-state index contributed by atoms with van der Waals surface area (Å²) in [6.45, 7) is 1.84. The van der Waals surface area contributed by atoms with Crippen molar-refractivity contribution in [2.24, 2.45) is 5.92 Å². The maximum Gasteiger partial charge on any atom is 0.310 e. The van der Waals surface area contributed by atoms with Crippen molar-refractivity contribution >= 4 is 5.97 Å². The van der Waals surface area contributed by atoms with Crippen LogP contribution in [0.1, 0.15) is 11.5 Å². The number of benzene rings is 1. The van der Waals surface area contributed by atoms with Crippen LogP contribution in [0.5, 0.6) is 11.5 Å². The number of carbonyl (C=O) groups excluding carboxylic acids is 1. The Morgan fingerprint density at radius 2 is 2.11 bits per heavy atom. The van der Waals surface area contributed by atoms with E-state index in [2.05, 4.69) is 4.90 Å². The lowest BCUT2D eigenvalue weighted by molar-refractivity contribution is -0.145. The summed E-state index contributed by atoms with van der Waals surface area (Å²) in [5.74, 6) is 1.41. The second kappa shape index (κ2) is 4.74. The Kier molecular flexibility index (Phi) is 3.06. The number of ether oxygens (including phenoxy) is 3. The number of carbonyl (C=O) groups is 1. The quantitative estimate of drug-likeness (QED) is 0.751. The molecule has 1 saturated heterocycles. The van der Waals surface area contributed by atoms with Gasteiger partial charge in [0.25, 0.3) is 0 Å². The topological polar surface area (TPSA) is 48.0 Å². The molecule has 0 aliphatic carbocycles. The molecule has 0 saturated carbocycles. The minimum Gasteiger partial charge on any atom is -0.469 e. The number of rotatable bonds is 2. The van der Waals surface area contributed by atoms with Crippen LogP contribution in [0.15, 0.2) is 18.2 Å². The van der Waals surface area contributed by atoms with E-state index < -0.39 is 0 Å². The van der Waals surface area contributed by atoms with Gasteiger partial charge >= 0.3 is 5.97 Å². The summed E-state index contributed by atoms with van der Waals surface area (Å²) < 4.78 is 15.6. The third-order valence-corrected chi connectivity index (χ3v) is 3.83. The van der Waals surface area contributed by atoms with Crippen LogP contribution >= 0.6 is 0 Å². The Labute approximate surface area is 112 Å². The highest BCUT2D eigenvalue weighted by Gasteiger charge is 2.38. The van der Waals surface area contributed by atoms with Gasteiger partial charge in [-0.3, -0.25) is 4.79 Å². The fraction of sp³-hybridized carbons (Fsp3) is 0.500. The van der Waals surface area contributed by atoms with Crippen molar-refractivity contribution in [3.63, 3.8) is 0 Å². The summed E-state index contributed by atoms with van der Waals surface area (Å²) in [5.41, 5.74) is 1.10. The molecule has 5 heteroatoms. The maximum absolute atomic E-state index is 11.9. The molecule has 102 valence electrons. The van der Waals surface area contributed by atoms with E-state index in [0.29, 0.717) is 0 Å². The van der Waals surface area contributed by atoms with Crippen LogP contribution in [-0.2, 0) is 9.53 Å². The first kappa shape index (κ1) is 12.3. The second-order valence-corrected chi connectivity index (χ2v) is 5.07. The van der Waals surface area contributed by atoms with Gasteiger partial charge in [0.15, 0.2) is 11.5 Å². The summed E-state index contributed by atoms with van der Waals surface area (Å²) in [6.07, 6.45) is 0. The predicted octanol–water partition coefficient (Wildman–Crippen LogP) is 1.23. The van der Waals surface area contributed by atoms with Gasteiger partial charge in [-0.25, -0.2) is 0 Å². The standard InChI is InChI=1S/C14H17NO4/c1-15-6-10(11(7-15)14(16)17-2)9-3-4-12-13(5-9)19-8-18-12/h3-5,10-11H,6-8H2,1-2H3/t10-,11+/m1/s1. The molecule has 1 fully saturated rings. The molecule has 0 unspecified atom stereocenters. The van der Waals surface area contributed by atoms with Crippen LogP contribution < -0.4 is 9.47 Å². The maximum atomic E-state index is 11.9. The molecule has 2 aliphatic rings. The zero-order chi connectivity index (χ0) is 13.4. The number of likely N-dealkylation sites (tertiary alicyclic amines) is 1. The van der Waals surface area contributed by atoms with Crippen molar-refractivity contribution in [3.8, 4) is 11.5 Å². The van der Waals surface area contributed by atoms with E-state index in [1.807, 2.05) is 25.2 Å². The molecule has 2 aliphatic heterocycles. The summed E-state index contributed by atoms with van der Waals surface area (Å²) in [4.78, 5) is 14.0. The number of nitrogens with zero attached hydrogens (tertiary/aromatic N) is 1. The molecule has 0 bridgehead atoms. The fourth-order valence-electron chi connectivity index (χ4n) is 2.87. The average Bonchev–Trinajstić information content (AvgIpc) is 3.02. The summed E-state index contributed by atoms with van der Waals surface area (Å²) in [6, 6.07) is 5.89. The molecule has 3 rings (SSSR count). The fourth-order valence-corrected chi connectivity index (χ4v) is 2.87. The minimum absolute atomic E-state index is 0.115. The molecule has 0 amide bonds. The van der Waals surface area contributed by atoms with Crippen LogP contribution in [0.25, 0.3) is 0 Å². The zero-order valence-electron chi connectivity index (χ0n) is 11.1. The Morgan fingerprint density at radius 1 is 1.32 bits per heavy atom. The van der Waals surface area contributed by atoms with Crippen molar-refractivity contribution in [1.29, 1.82) is 0 Å². The van der Waals surface area contributed by atoms with E-state index in [9.17, 15) is 4.79 Å². The van der Waals surface area contributed by atoms with Gasteiger partial charge in [0.2, 0.25) is 6.79 Å². The molecule has 0 spiro atoms. The molecular formula is C14H17NO4. The van der Waals surface area contributed by atoms with Crippen LogP contribution in [-0.4, -0.2) is 44.9 Å².